The van der Waals surface area contributed by atoms with Crippen LogP contribution in [-0.4, -0.2) is 42.9 Å². The molecule has 0 unspecified atom stereocenters. The summed E-state index contributed by atoms with van der Waals surface area (Å²) in [5.74, 6) is 1.19. The van der Waals surface area contributed by atoms with Gasteiger partial charge in [-0.3, -0.25) is 4.90 Å². The molecule has 0 amide bonds. The Kier molecular flexibility index (Phi) is 9.81. The molecule has 0 atom stereocenters. The van der Waals surface area contributed by atoms with Crippen molar-refractivity contribution < 1.29 is 0 Å². The summed E-state index contributed by atoms with van der Waals surface area (Å²) in [6, 6.07) is 11.3. The van der Waals surface area contributed by atoms with Gasteiger partial charge in [-0.1, -0.05) is 25.1 Å². The molecule has 114 valence electrons. The van der Waals surface area contributed by atoms with Gasteiger partial charge in [0.25, 0.3) is 0 Å². The largest absolute Gasteiger partial charge is 0.315 e. The van der Waals surface area contributed by atoms with Crippen molar-refractivity contribution >= 4 is 11.8 Å². The molecular weight excluding hydrogens is 264 g/mol. The number of rotatable bonds is 11. The van der Waals surface area contributed by atoms with E-state index in [1.54, 1.807) is 0 Å². The molecule has 0 aliphatic heterocycles. The number of nitrogens with zero attached hydrogens (tertiary/aromatic N) is 1. The van der Waals surface area contributed by atoms with Crippen molar-refractivity contribution in [2.45, 2.75) is 44.6 Å². The summed E-state index contributed by atoms with van der Waals surface area (Å²) in [4.78, 5) is 3.92. The molecule has 0 bridgehead atoms. The van der Waals surface area contributed by atoms with E-state index in [0.717, 1.165) is 19.6 Å². The van der Waals surface area contributed by atoms with Gasteiger partial charge in [-0.15, -0.1) is 11.8 Å². The fourth-order valence-corrected chi connectivity index (χ4v) is 3.04. The van der Waals surface area contributed by atoms with Crippen LogP contribution >= 0.6 is 11.8 Å². The van der Waals surface area contributed by atoms with Gasteiger partial charge in [0.15, 0.2) is 0 Å². The molecule has 2 nitrogen and oxygen atoms in total. The zero-order valence-corrected chi connectivity index (χ0v) is 14.1. The number of benzene rings is 1. The molecule has 0 fully saturated rings. The van der Waals surface area contributed by atoms with Crippen LogP contribution in [0.3, 0.4) is 0 Å². The molecule has 0 heterocycles. The molecule has 1 rings (SSSR count). The van der Waals surface area contributed by atoms with Gasteiger partial charge in [0, 0.05) is 24.0 Å². The summed E-state index contributed by atoms with van der Waals surface area (Å²) in [7, 11) is 0. The van der Waals surface area contributed by atoms with E-state index < -0.39 is 0 Å². The number of thioether (sulfide) groups is 1. The van der Waals surface area contributed by atoms with Crippen LogP contribution in [0.25, 0.3) is 0 Å². The highest BCUT2D eigenvalue weighted by Gasteiger charge is 2.06. The quantitative estimate of drug-likeness (QED) is 0.492. The van der Waals surface area contributed by atoms with Crippen molar-refractivity contribution in [3.63, 3.8) is 0 Å². The van der Waals surface area contributed by atoms with Gasteiger partial charge in [-0.05, 0) is 57.7 Å². The highest BCUT2D eigenvalue weighted by molar-refractivity contribution is 7.99. The minimum Gasteiger partial charge on any atom is -0.315 e. The van der Waals surface area contributed by atoms with Crippen molar-refractivity contribution in [3.05, 3.63) is 30.3 Å². The average molecular weight is 295 g/mol. The van der Waals surface area contributed by atoms with Gasteiger partial charge in [-0.2, -0.15) is 0 Å². The van der Waals surface area contributed by atoms with E-state index in [-0.39, 0.29) is 0 Å². The van der Waals surface area contributed by atoms with E-state index in [0.29, 0.717) is 6.04 Å². The lowest BCUT2D eigenvalue weighted by Gasteiger charge is -2.25. The minimum absolute atomic E-state index is 0.658. The van der Waals surface area contributed by atoms with Gasteiger partial charge in [0.05, 0.1) is 0 Å². The Labute approximate surface area is 129 Å². The molecule has 0 saturated carbocycles. The van der Waals surface area contributed by atoms with Crippen molar-refractivity contribution in [1.29, 1.82) is 0 Å². The maximum Gasteiger partial charge on any atom is 0.0110 e. The molecular formula is C17H30N2S. The van der Waals surface area contributed by atoms with Gasteiger partial charge in [0.1, 0.15) is 0 Å². The maximum atomic E-state index is 3.56. The Hall–Kier alpha value is -0.510. The first-order valence-corrected chi connectivity index (χ1v) is 8.85. The second-order valence-electron chi connectivity index (χ2n) is 5.39. The van der Waals surface area contributed by atoms with E-state index in [1.165, 1.54) is 30.0 Å². The minimum atomic E-state index is 0.658. The van der Waals surface area contributed by atoms with Crippen LogP contribution < -0.4 is 5.32 Å². The van der Waals surface area contributed by atoms with Crippen LogP contribution in [0.2, 0.25) is 0 Å². The topological polar surface area (TPSA) is 15.3 Å². The Morgan fingerprint density at radius 2 is 1.85 bits per heavy atom. The monoisotopic (exact) mass is 294 g/mol. The highest BCUT2D eigenvalue weighted by atomic mass is 32.2. The highest BCUT2D eigenvalue weighted by Crippen LogP contribution is 2.17. The molecule has 0 aliphatic carbocycles. The third-order valence-electron chi connectivity index (χ3n) is 3.33. The summed E-state index contributed by atoms with van der Waals surface area (Å²) in [5, 5.41) is 3.56. The molecule has 1 aromatic carbocycles. The van der Waals surface area contributed by atoms with E-state index in [4.69, 9.17) is 0 Å². The molecule has 1 N–H and O–H groups in total. The van der Waals surface area contributed by atoms with Crippen molar-refractivity contribution in [1.82, 2.24) is 10.2 Å². The van der Waals surface area contributed by atoms with Crippen molar-refractivity contribution in [3.8, 4) is 0 Å². The van der Waals surface area contributed by atoms with Crippen LogP contribution in [0.5, 0.6) is 0 Å². The molecule has 20 heavy (non-hydrogen) atoms. The summed E-state index contributed by atoms with van der Waals surface area (Å²) >= 11 is 1.95. The van der Waals surface area contributed by atoms with Gasteiger partial charge in [-0.25, -0.2) is 0 Å². The third kappa shape index (κ3) is 7.93. The van der Waals surface area contributed by atoms with E-state index >= 15 is 0 Å². The summed E-state index contributed by atoms with van der Waals surface area (Å²) in [5.41, 5.74) is 0. The zero-order valence-electron chi connectivity index (χ0n) is 13.3. The van der Waals surface area contributed by atoms with E-state index in [2.05, 4.69) is 61.3 Å². The first-order chi connectivity index (χ1) is 9.74. The molecule has 1 aromatic rings. The zero-order chi connectivity index (χ0) is 14.6. The molecule has 0 radical (unpaired) electrons. The van der Waals surface area contributed by atoms with Crippen LogP contribution in [-0.2, 0) is 0 Å². The van der Waals surface area contributed by atoms with Gasteiger partial charge in [0.2, 0.25) is 0 Å². The molecule has 0 aromatic heterocycles. The maximum absolute atomic E-state index is 3.56. The summed E-state index contributed by atoms with van der Waals surface area (Å²) in [6.07, 6.45) is 2.47. The molecule has 0 saturated heterocycles. The Bertz CT molecular complexity index is 327. The van der Waals surface area contributed by atoms with Crippen molar-refractivity contribution in [2.24, 2.45) is 0 Å². The SMILES string of the molecule is CCCN(CCNCCCSc1ccccc1)C(C)C. The molecule has 0 aliphatic rings. The van der Waals surface area contributed by atoms with Crippen LogP contribution in [0.15, 0.2) is 35.2 Å². The second-order valence-corrected chi connectivity index (χ2v) is 6.56. The number of hydrogen-bond donors (Lipinski definition) is 1. The molecule has 0 spiro atoms. The van der Waals surface area contributed by atoms with Crippen LogP contribution in [0, 0.1) is 0 Å². The molecule has 3 heteroatoms. The van der Waals surface area contributed by atoms with E-state index in [1.807, 2.05) is 11.8 Å². The first kappa shape index (κ1) is 17.5. The summed E-state index contributed by atoms with van der Waals surface area (Å²) in [6.45, 7) is 11.4. The van der Waals surface area contributed by atoms with Gasteiger partial charge >= 0.3 is 0 Å². The number of nitrogens with one attached hydrogen (secondary N) is 1. The fourth-order valence-electron chi connectivity index (χ4n) is 2.17. The Morgan fingerprint density at radius 3 is 2.50 bits per heavy atom. The fraction of sp³-hybridized carbons (Fsp3) is 0.647. The van der Waals surface area contributed by atoms with Gasteiger partial charge < -0.3 is 5.32 Å². The average Bonchev–Trinajstić information content (AvgIpc) is 2.46. The lowest BCUT2D eigenvalue weighted by atomic mass is 10.3. The van der Waals surface area contributed by atoms with E-state index in [9.17, 15) is 0 Å². The lowest BCUT2D eigenvalue weighted by Crippen LogP contribution is -2.37. The Balaban J connectivity index is 1.99. The predicted octanol–water partition coefficient (Wildman–Crippen LogP) is 3.88. The Morgan fingerprint density at radius 1 is 1.10 bits per heavy atom. The standard InChI is InChI=1S/C17H30N2S/c1-4-13-19(16(2)3)14-12-18-11-8-15-20-17-9-6-5-7-10-17/h5-7,9-10,16,18H,4,8,11-15H2,1-3H3. The summed E-state index contributed by atoms with van der Waals surface area (Å²) < 4.78 is 0. The lowest BCUT2D eigenvalue weighted by molar-refractivity contribution is 0.222. The van der Waals surface area contributed by atoms with Crippen molar-refractivity contribution in [2.75, 3.05) is 31.9 Å². The predicted molar refractivity (Wildman–Crippen MR) is 91.7 cm³/mol. The van der Waals surface area contributed by atoms with Crippen LogP contribution in [0.1, 0.15) is 33.6 Å². The van der Waals surface area contributed by atoms with Crippen LogP contribution in [0.4, 0.5) is 0 Å². The third-order valence-corrected chi connectivity index (χ3v) is 4.43. The number of hydrogen-bond acceptors (Lipinski definition) is 3. The smallest absolute Gasteiger partial charge is 0.0110 e. The first-order valence-electron chi connectivity index (χ1n) is 7.86. The second kappa shape index (κ2) is 11.2. The normalized spacial score (nSPS) is 11.4.